The summed E-state index contributed by atoms with van der Waals surface area (Å²) in [6, 6.07) is 15.3. The first-order chi connectivity index (χ1) is 12.9. The number of nitrogens with one attached hydrogen (secondary N) is 1. The van der Waals surface area contributed by atoms with E-state index in [-0.39, 0.29) is 24.8 Å². The molecule has 0 spiro atoms. The van der Waals surface area contributed by atoms with Gasteiger partial charge in [0.1, 0.15) is 4.32 Å². The Morgan fingerprint density at radius 1 is 1.26 bits per heavy atom. The molecule has 3 rings (SSSR count). The molecule has 138 valence electrons. The number of aryl methyl sites for hydroxylation is 1. The number of carbonyl (C=O) groups excluding carboxylic acids is 2. The molecule has 0 aliphatic carbocycles. The summed E-state index contributed by atoms with van der Waals surface area (Å²) >= 11 is 9.97. The molecule has 0 saturated carbocycles. The third-order valence-corrected chi connectivity index (χ3v) is 5.81. The van der Waals surface area contributed by atoms with Crippen molar-refractivity contribution in [2.45, 2.75) is 13.3 Å². The molecule has 27 heavy (non-hydrogen) atoms. The van der Waals surface area contributed by atoms with Crippen molar-refractivity contribution < 1.29 is 9.59 Å². The lowest BCUT2D eigenvalue weighted by atomic mass is 10.2. The van der Waals surface area contributed by atoms with Crippen LogP contribution in [0.4, 0.5) is 5.69 Å². The second-order valence-electron chi connectivity index (χ2n) is 6.05. The first-order valence-electron chi connectivity index (χ1n) is 8.30. The topological polar surface area (TPSA) is 49.4 Å². The number of nitrogens with zero attached hydrogens (tertiary/aromatic N) is 1. The van der Waals surface area contributed by atoms with Gasteiger partial charge in [0.15, 0.2) is 0 Å². The van der Waals surface area contributed by atoms with Crippen LogP contribution >= 0.6 is 39.9 Å². The van der Waals surface area contributed by atoms with Gasteiger partial charge >= 0.3 is 0 Å². The minimum Gasteiger partial charge on any atom is -0.326 e. The zero-order valence-electron chi connectivity index (χ0n) is 14.6. The monoisotopic (exact) mass is 460 g/mol. The van der Waals surface area contributed by atoms with Gasteiger partial charge in [-0.1, -0.05) is 64.2 Å². The molecule has 7 heteroatoms. The van der Waals surface area contributed by atoms with Crippen molar-refractivity contribution in [3.63, 3.8) is 0 Å². The van der Waals surface area contributed by atoms with Crippen LogP contribution in [0.25, 0.3) is 6.08 Å². The van der Waals surface area contributed by atoms with Gasteiger partial charge in [-0.2, -0.15) is 0 Å². The third-order valence-electron chi connectivity index (χ3n) is 3.91. The van der Waals surface area contributed by atoms with Gasteiger partial charge in [0.25, 0.3) is 5.91 Å². The van der Waals surface area contributed by atoms with E-state index in [0.29, 0.717) is 9.23 Å². The number of amides is 2. The average molecular weight is 461 g/mol. The predicted octanol–water partition coefficient (Wildman–Crippen LogP) is 4.99. The van der Waals surface area contributed by atoms with Crippen LogP contribution < -0.4 is 5.32 Å². The molecule has 1 N–H and O–H groups in total. The zero-order chi connectivity index (χ0) is 19.4. The van der Waals surface area contributed by atoms with Crippen molar-refractivity contribution in [1.82, 2.24) is 4.90 Å². The van der Waals surface area contributed by atoms with Gasteiger partial charge in [0, 0.05) is 23.1 Å². The van der Waals surface area contributed by atoms with E-state index in [0.717, 1.165) is 21.3 Å². The second-order valence-corrected chi connectivity index (χ2v) is 8.64. The van der Waals surface area contributed by atoms with Crippen LogP contribution in [0.3, 0.4) is 0 Å². The maximum atomic E-state index is 12.6. The van der Waals surface area contributed by atoms with Crippen LogP contribution in [0.1, 0.15) is 17.5 Å². The minimum atomic E-state index is -0.156. The van der Waals surface area contributed by atoms with Crippen LogP contribution in [0.5, 0.6) is 0 Å². The van der Waals surface area contributed by atoms with Crippen LogP contribution in [0.2, 0.25) is 0 Å². The van der Waals surface area contributed by atoms with Crippen LogP contribution in [0.15, 0.2) is 57.9 Å². The summed E-state index contributed by atoms with van der Waals surface area (Å²) in [6.45, 7) is 2.23. The van der Waals surface area contributed by atoms with E-state index in [9.17, 15) is 9.59 Å². The Morgan fingerprint density at radius 3 is 2.70 bits per heavy atom. The van der Waals surface area contributed by atoms with Gasteiger partial charge in [-0.05, 0) is 48.4 Å². The maximum Gasteiger partial charge on any atom is 0.266 e. The molecule has 0 aromatic heterocycles. The average Bonchev–Trinajstić information content (AvgIpc) is 2.88. The second kappa shape index (κ2) is 8.82. The fourth-order valence-corrected chi connectivity index (χ4v) is 4.14. The largest absolute Gasteiger partial charge is 0.326 e. The predicted molar refractivity (Wildman–Crippen MR) is 118 cm³/mol. The molecule has 4 nitrogen and oxygen atoms in total. The highest BCUT2D eigenvalue weighted by Crippen LogP contribution is 2.32. The molecule has 1 aliphatic rings. The fourth-order valence-electron chi connectivity index (χ4n) is 2.56. The molecule has 1 saturated heterocycles. The van der Waals surface area contributed by atoms with Gasteiger partial charge in [-0.3, -0.25) is 14.5 Å². The number of hydrogen-bond acceptors (Lipinski definition) is 4. The van der Waals surface area contributed by atoms with Crippen molar-refractivity contribution >= 4 is 67.8 Å². The lowest BCUT2D eigenvalue weighted by molar-refractivity contribution is -0.122. The van der Waals surface area contributed by atoms with Gasteiger partial charge < -0.3 is 5.32 Å². The highest BCUT2D eigenvalue weighted by atomic mass is 79.9. The molecule has 2 aromatic carbocycles. The first kappa shape index (κ1) is 19.8. The molecule has 0 atom stereocenters. The zero-order valence-corrected chi connectivity index (χ0v) is 17.8. The molecule has 1 aliphatic heterocycles. The number of benzene rings is 2. The van der Waals surface area contributed by atoms with E-state index in [1.54, 1.807) is 0 Å². The fraction of sp³-hybridized carbons (Fsp3) is 0.150. The molecule has 0 bridgehead atoms. The summed E-state index contributed by atoms with van der Waals surface area (Å²) in [6.07, 6.45) is 2.00. The third kappa shape index (κ3) is 5.28. The van der Waals surface area contributed by atoms with Crippen molar-refractivity contribution in [2.24, 2.45) is 0 Å². The van der Waals surface area contributed by atoms with E-state index >= 15 is 0 Å². The van der Waals surface area contributed by atoms with Crippen molar-refractivity contribution in [3.8, 4) is 0 Å². The quantitative estimate of drug-likeness (QED) is 0.504. The SMILES string of the molecule is Cc1cccc(NC(=O)CCN2C(=O)/C(=C/c3ccc(Br)cc3)SC2=S)c1. The summed E-state index contributed by atoms with van der Waals surface area (Å²) in [5.41, 5.74) is 2.75. The summed E-state index contributed by atoms with van der Waals surface area (Å²) in [4.78, 5) is 26.8. The minimum absolute atomic E-state index is 0.147. The molecular formula is C20H17BrN2O2S2. The Hall–Kier alpha value is -1.96. The standard InChI is InChI=1S/C20H17BrN2O2S2/c1-13-3-2-4-16(11-13)22-18(24)9-10-23-19(25)17(27-20(23)26)12-14-5-7-15(21)8-6-14/h2-8,11-12H,9-10H2,1H3,(H,22,24)/b17-12-. The van der Waals surface area contributed by atoms with Crippen molar-refractivity contribution in [2.75, 3.05) is 11.9 Å². The highest BCUT2D eigenvalue weighted by Gasteiger charge is 2.32. The van der Waals surface area contributed by atoms with Crippen molar-refractivity contribution in [3.05, 3.63) is 69.0 Å². The molecule has 2 amide bonds. The number of anilines is 1. The molecular weight excluding hydrogens is 444 g/mol. The maximum absolute atomic E-state index is 12.6. The van der Waals surface area contributed by atoms with Crippen LogP contribution in [-0.2, 0) is 9.59 Å². The Labute approximate surface area is 176 Å². The normalized spacial score (nSPS) is 15.5. The first-order valence-corrected chi connectivity index (χ1v) is 10.3. The lowest BCUT2D eigenvalue weighted by Crippen LogP contribution is -2.31. The van der Waals surface area contributed by atoms with Crippen LogP contribution in [-0.4, -0.2) is 27.6 Å². The van der Waals surface area contributed by atoms with E-state index < -0.39 is 0 Å². The molecule has 2 aromatic rings. The number of carbonyl (C=O) groups is 2. The lowest BCUT2D eigenvalue weighted by Gasteiger charge is -2.14. The van der Waals surface area contributed by atoms with Crippen LogP contribution in [0, 0.1) is 6.92 Å². The van der Waals surface area contributed by atoms with Gasteiger partial charge in [-0.15, -0.1) is 0 Å². The summed E-state index contributed by atoms with van der Waals surface area (Å²) in [5.74, 6) is -0.303. The Morgan fingerprint density at radius 2 is 2.00 bits per heavy atom. The smallest absolute Gasteiger partial charge is 0.266 e. The molecule has 0 unspecified atom stereocenters. The van der Waals surface area contributed by atoms with Crippen molar-refractivity contribution in [1.29, 1.82) is 0 Å². The number of halogens is 1. The summed E-state index contributed by atoms with van der Waals surface area (Å²) < 4.78 is 1.46. The number of rotatable bonds is 5. The molecule has 0 radical (unpaired) electrons. The molecule has 1 heterocycles. The van der Waals surface area contributed by atoms with Gasteiger partial charge in [-0.25, -0.2) is 0 Å². The Kier molecular flexibility index (Phi) is 6.46. The summed E-state index contributed by atoms with van der Waals surface area (Å²) in [5, 5.41) is 2.85. The van der Waals surface area contributed by atoms with E-state index in [1.165, 1.54) is 16.7 Å². The molecule has 1 fully saturated rings. The number of thiocarbonyl (C=S) groups is 1. The van der Waals surface area contributed by atoms with Gasteiger partial charge in [0.2, 0.25) is 5.91 Å². The van der Waals surface area contributed by atoms with E-state index in [4.69, 9.17) is 12.2 Å². The Bertz CT molecular complexity index is 926. The van der Waals surface area contributed by atoms with E-state index in [1.807, 2.05) is 61.5 Å². The van der Waals surface area contributed by atoms with E-state index in [2.05, 4.69) is 21.2 Å². The number of thioether (sulfide) groups is 1. The summed E-state index contributed by atoms with van der Waals surface area (Å²) in [7, 11) is 0. The highest BCUT2D eigenvalue weighted by molar-refractivity contribution is 9.10. The van der Waals surface area contributed by atoms with Gasteiger partial charge in [0.05, 0.1) is 4.91 Å². The number of hydrogen-bond donors (Lipinski definition) is 1. The Balaban J connectivity index is 1.60.